The summed E-state index contributed by atoms with van der Waals surface area (Å²) < 4.78 is 15.4. The molecule has 0 aliphatic heterocycles. The monoisotopic (exact) mass is 402 g/mol. The Balaban J connectivity index is 1.87. The summed E-state index contributed by atoms with van der Waals surface area (Å²) in [5.74, 6) is -0.252. The molecule has 0 spiro atoms. The molecule has 0 aliphatic rings. The van der Waals surface area contributed by atoms with Crippen LogP contribution in [0.4, 0.5) is 11.4 Å². The Labute approximate surface area is 167 Å². The van der Waals surface area contributed by atoms with Crippen LogP contribution in [0.3, 0.4) is 0 Å². The molecule has 9 heteroatoms. The minimum absolute atomic E-state index is 0.0116. The second-order valence-corrected chi connectivity index (χ2v) is 5.89. The number of anilines is 1. The number of carbonyl (C=O) groups excluding carboxylic acids is 2. The number of ether oxygens (including phenoxy) is 3. The molecule has 0 aromatic heterocycles. The molecule has 2 rings (SSSR count). The van der Waals surface area contributed by atoms with Gasteiger partial charge in [0, 0.05) is 6.42 Å². The number of nitro groups is 1. The third-order valence-electron chi connectivity index (χ3n) is 3.91. The van der Waals surface area contributed by atoms with Crippen molar-refractivity contribution in [2.24, 2.45) is 0 Å². The summed E-state index contributed by atoms with van der Waals surface area (Å²) in [5, 5.41) is 13.5. The largest absolute Gasteiger partial charge is 0.496 e. The molecule has 0 heterocycles. The van der Waals surface area contributed by atoms with Gasteiger partial charge in [-0.25, -0.2) is 0 Å². The summed E-state index contributed by atoms with van der Waals surface area (Å²) in [7, 11) is 1.38. The number of nitrogens with one attached hydrogen (secondary N) is 1. The number of nitro benzene ring substituents is 1. The van der Waals surface area contributed by atoms with Crippen molar-refractivity contribution in [3.63, 3.8) is 0 Å². The molecule has 0 fully saturated rings. The van der Waals surface area contributed by atoms with Crippen LogP contribution in [0, 0.1) is 10.1 Å². The number of hydrogen-bond acceptors (Lipinski definition) is 7. The number of amides is 1. The summed E-state index contributed by atoms with van der Waals surface area (Å²) >= 11 is 0. The third kappa shape index (κ3) is 6.49. The minimum atomic E-state index is -0.679. The quantitative estimate of drug-likeness (QED) is 0.369. The normalized spacial score (nSPS) is 10.1. The van der Waals surface area contributed by atoms with Gasteiger partial charge in [-0.2, -0.15) is 0 Å². The number of carbonyl (C=O) groups is 2. The zero-order valence-electron chi connectivity index (χ0n) is 16.2. The van der Waals surface area contributed by atoms with Crippen molar-refractivity contribution >= 4 is 23.3 Å². The van der Waals surface area contributed by atoms with Gasteiger partial charge in [-0.05, 0) is 37.1 Å². The molecule has 0 saturated carbocycles. The van der Waals surface area contributed by atoms with Crippen LogP contribution in [0.15, 0.2) is 42.5 Å². The predicted molar refractivity (Wildman–Crippen MR) is 105 cm³/mol. The highest BCUT2D eigenvalue weighted by Gasteiger charge is 2.18. The van der Waals surface area contributed by atoms with E-state index in [0.717, 1.165) is 5.56 Å². The van der Waals surface area contributed by atoms with Crippen molar-refractivity contribution < 1.29 is 28.7 Å². The van der Waals surface area contributed by atoms with Crippen molar-refractivity contribution in [3.8, 4) is 11.5 Å². The van der Waals surface area contributed by atoms with Crippen LogP contribution in [-0.2, 0) is 20.7 Å². The maximum absolute atomic E-state index is 12.0. The van der Waals surface area contributed by atoms with Crippen LogP contribution in [0.25, 0.3) is 0 Å². The van der Waals surface area contributed by atoms with Crippen LogP contribution in [-0.4, -0.2) is 37.1 Å². The predicted octanol–water partition coefficient (Wildman–Crippen LogP) is 3.12. The van der Waals surface area contributed by atoms with Crippen LogP contribution >= 0.6 is 0 Å². The van der Waals surface area contributed by atoms with Crippen molar-refractivity contribution in [1.82, 2.24) is 0 Å². The van der Waals surface area contributed by atoms with Gasteiger partial charge in [-0.15, -0.1) is 0 Å². The summed E-state index contributed by atoms with van der Waals surface area (Å²) in [6.45, 7) is 1.84. The highest BCUT2D eigenvalue weighted by Crippen LogP contribution is 2.28. The molecular weight excluding hydrogens is 380 g/mol. The van der Waals surface area contributed by atoms with Gasteiger partial charge in [0.05, 0.1) is 24.7 Å². The second-order valence-electron chi connectivity index (χ2n) is 5.89. The molecule has 2 aromatic rings. The van der Waals surface area contributed by atoms with E-state index in [1.165, 1.54) is 25.3 Å². The fraction of sp³-hybridized carbons (Fsp3) is 0.300. The second kappa shape index (κ2) is 10.6. The van der Waals surface area contributed by atoms with Crippen molar-refractivity contribution in [3.05, 3.63) is 58.1 Å². The van der Waals surface area contributed by atoms with E-state index >= 15 is 0 Å². The zero-order chi connectivity index (χ0) is 21.2. The molecule has 0 atom stereocenters. The van der Waals surface area contributed by atoms with Gasteiger partial charge in [-0.1, -0.05) is 18.2 Å². The Morgan fingerprint density at radius 3 is 2.62 bits per heavy atom. The molecule has 0 unspecified atom stereocenters. The molecule has 1 N–H and O–H groups in total. The average molecular weight is 402 g/mol. The van der Waals surface area contributed by atoms with E-state index < -0.39 is 23.4 Å². The molecule has 1 amide bonds. The highest BCUT2D eigenvalue weighted by atomic mass is 16.6. The molecule has 154 valence electrons. The SMILES string of the molecule is CCOc1ccccc1CCC(=O)OCC(=O)Nc1ccc(OC)cc1[N+](=O)[O-]. The molecule has 0 aliphatic carbocycles. The fourth-order valence-corrected chi connectivity index (χ4v) is 2.54. The Morgan fingerprint density at radius 2 is 1.93 bits per heavy atom. The van der Waals surface area contributed by atoms with Gasteiger partial charge in [-0.3, -0.25) is 19.7 Å². The Bertz CT molecular complexity index is 883. The fourth-order valence-electron chi connectivity index (χ4n) is 2.54. The summed E-state index contributed by atoms with van der Waals surface area (Å²) in [5.41, 5.74) is 0.531. The zero-order valence-corrected chi connectivity index (χ0v) is 16.2. The number of esters is 1. The highest BCUT2D eigenvalue weighted by molar-refractivity contribution is 5.95. The van der Waals surface area contributed by atoms with E-state index in [2.05, 4.69) is 5.32 Å². The van der Waals surface area contributed by atoms with Crippen LogP contribution in [0.5, 0.6) is 11.5 Å². The molecule has 2 aromatic carbocycles. The number of para-hydroxylation sites is 1. The molecular formula is C20H22N2O7. The topological polar surface area (TPSA) is 117 Å². The van der Waals surface area contributed by atoms with Crippen molar-refractivity contribution in [1.29, 1.82) is 0 Å². The van der Waals surface area contributed by atoms with Crippen LogP contribution in [0.2, 0.25) is 0 Å². The lowest BCUT2D eigenvalue weighted by Gasteiger charge is -2.10. The molecule has 29 heavy (non-hydrogen) atoms. The van der Waals surface area contributed by atoms with Gasteiger partial charge in [0.1, 0.15) is 17.2 Å². The van der Waals surface area contributed by atoms with Crippen LogP contribution in [0.1, 0.15) is 18.9 Å². The van der Waals surface area contributed by atoms with Gasteiger partial charge in [0.25, 0.3) is 11.6 Å². The lowest BCUT2D eigenvalue weighted by Crippen LogP contribution is -2.21. The number of hydrogen-bond donors (Lipinski definition) is 1. The number of benzene rings is 2. The van der Waals surface area contributed by atoms with Gasteiger partial charge in [0.15, 0.2) is 6.61 Å². The van der Waals surface area contributed by atoms with E-state index in [9.17, 15) is 19.7 Å². The standard InChI is InChI=1S/C20H22N2O7/c1-3-28-18-7-5-4-6-14(18)8-11-20(24)29-13-19(23)21-16-10-9-15(27-2)12-17(16)22(25)26/h4-7,9-10,12H,3,8,11,13H2,1-2H3,(H,21,23). The van der Waals surface area contributed by atoms with Crippen molar-refractivity contribution in [2.45, 2.75) is 19.8 Å². The summed E-state index contributed by atoms with van der Waals surface area (Å²) in [6, 6.07) is 11.4. The molecule has 0 saturated heterocycles. The lowest BCUT2D eigenvalue weighted by molar-refractivity contribution is -0.384. The first-order chi connectivity index (χ1) is 13.9. The van der Waals surface area contributed by atoms with Crippen LogP contribution < -0.4 is 14.8 Å². The molecule has 9 nitrogen and oxygen atoms in total. The van der Waals surface area contributed by atoms with E-state index in [0.29, 0.717) is 18.8 Å². The smallest absolute Gasteiger partial charge is 0.306 e. The first-order valence-corrected chi connectivity index (χ1v) is 8.93. The van der Waals surface area contributed by atoms with Gasteiger partial charge < -0.3 is 19.5 Å². The van der Waals surface area contributed by atoms with E-state index in [4.69, 9.17) is 14.2 Å². The van der Waals surface area contributed by atoms with E-state index in [1.807, 2.05) is 31.2 Å². The Kier molecular flexibility index (Phi) is 7.96. The Hall–Kier alpha value is -3.62. The third-order valence-corrected chi connectivity index (χ3v) is 3.91. The average Bonchev–Trinajstić information content (AvgIpc) is 2.72. The molecule has 0 bridgehead atoms. The summed E-state index contributed by atoms with van der Waals surface area (Å²) in [6.07, 6.45) is 0.473. The molecule has 0 radical (unpaired) electrons. The van der Waals surface area contributed by atoms with Gasteiger partial charge >= 0.3 is 5.97 Å². The summed E-state index contributed by atoms with van der Waals surface area (Å²) in [4.78, 5) is 34.4. The number of rotatable bonds is 10. The number of methoxy groups -OCH3 is 1. The van der Waals surface area contributed by atoms with E-state index in [1.54, 1.807) is 0 Å². The lowest BCUT2D eigenvalue weighted by atomic mass is 10.1. The maximum atomic E-state index is 12.0. The number of aryl methyl sites for hydroxylation is 1. The number of nitrogens with zero attached hydrogens (tertiary/aromatic N) is 1. The first kappa shape index (κ1) is 21.7. The van der Waals surface area contributed by atoms with E-state index in [-0.39, 0.29) is 23.5 Å². The van der Waals surface area contributed by atoms with Crippen molar-refractivity contribution in [2.75, 3.05) is 25.6 Å². The first-order valence-electron chi connectivity index (χ1n) is 8.93. The Morgan fingerprint density at radius 1 is 1.17 bits per heavy atom. The maximum Gasteiger partial charge on any atom is 0.306 e. The minimum Gasteiger partial charge on any atom is -0.496 e. The van der Waals surface area contributed by atoms with Gasteiger partial charge in [0.2, 0.25) is 0 Å².